The van der Waals surface area contributed by atoms with E-state index < -0.39 is 5.97 Å². The van der Waals surface area contributed by atoms with Gasteiger partial charge in [0.05, 0.1) is 6.42 Å². The first kappa shape index (κ1) is 16.0. The lowest BCUT2D eigenvalue weighted by molar-refractivity contribution is -0.146. The maximum atomic E-state index is 11.7. The number of rotatable bonds is 5. The molecule has 0 fully saturated rings. The molecule has 0 atom stereocenters. The molecule has 4 nitrogen and oxygen atoms in total. The van der Waals surface area contributed by atoms with Crippen LogP contribution in [0.2, 0.25) is 5.02 Å². The van der Waals surface area contributed by atoms with E-state index in [1.54, 1.807) is 30.3 Å². The molecule has 0 saturated heterocycles. The number of carbonyl (C=O) groups excluding carboxylic acids is 2. The zero-order chi connectivity index (χ0) is 15.9. The highest BCUT2D eigenvalue weighted by atomic mass is 35.5. The molecule has 0 saturated carbocycles. The topological polar surface area (TPSA) is 55.4 Å². The van der Waals surface area contributed by atoms with Crippen molar-refractivity contribution in [2.45, 2.75) is 13.3 Å². The molecule has 0 unspecified atom stereocenters. The number of esters is 1. The second-order valence-corrected chi connectivity index (χ2v) is 5.25. The molecule has 114 valence electrons. The molecular formula is C17H16ClNO3. The van der Waals surface area contributed by atoms with Crippen molar-refractivity contribution in [3.05, 3.63) is 64.7 Å². The number of nitrogens with one attached hydrogen (secondary N) is 1. The minimum atomic E-state index is -0.493. The summed E-state index contributed by atoms with van der Waals surface area (Å²) in [6.07, 6.45) is 0.0391. The zero-order valence-electron chi connectivity index (χ0n) is 12.1. The molecule has 0 spiro atoms. The standard InChI is InChI=1S/C17H16ClNO3/c1-12-5-4-7-14(9-12)19-16(20)11-22-17(21)10-13-6-2-3-8-15(13)18/h2-9H,10-11H2,1H3,(H,19,20). The van der Waals surface area contributed by atoms with E-state index >= 15 is 0 Å². The number of anilines is 1. The Morgan fingerprint density at radius 1 is 1.14 bits per heavy atom. The summed E-state index contributed by atoms with van der Waals surface area (Å²) in [6.45, 7) is 1.61. The van der Waals surface area contributed by atoms with Crippen LogP contribution in [0, 0.1) is 6.92 Å². The number of hydrogen-bond donors (Lipinski definition) is 1. The Morgan fingerprint density at radius 2 is 1.91 bits per heavy atom. The van der Waals surface area contributed by atoms with E-state index in [9.17, 15) is 9.59 Å². The molecule has 1 amide bonds. The summed E-state index contributed by atoms with van der Waals surface area (Å²) in [6, 6.07) is 14.4. The van der Waals surface area contributed by atoms with Gasteiger partial charge in [0.1, 0.15) is 0 Å². The van der Waals surface area contributed by atoms with Crippen molar-refractivity contribution >= 4 is 29.2 Å². The molecule has 5 heteroatoms. The SMILES string of the molecule is Cc1cccc(NC(=O)COC(=O)Cc2ccccc2Cl)c1. The van der Waals surface area contributed by atoms with Gasteiger partial charge in [0, 0.05) is 10.7 Å². The quantitative estimate of drug-likeness (QED) is 0.860. The van der Waals surface area contributed by atoms with Gasteiger partial charge < -0.3 is 10.1 Å². The van der Waals surface area contributed by atoms with E-state index in [-0.39, 0.29) is 18.9 Å². The summed E-state index contributed by atoms with van der Waals surface area (Å²) >= 11 is 5.97. The average Bonchev–Trinajstić information content (AvgIpc) is 2.48. The molecule has 22 heavy (non-hydrogen) atoms. The smallest absolute Gasteiger partial charge is 0.310 e. The van der Waals surface area contributed by atoms with Gasteiger partial charge in [-0.1, -0.05) is 41.9 Å². The van der Waals surface area contributed by atoms with Gasteiger partial charge in [-0.2, -0.15) is 0 Å². The van der Waals surface area contributed by atoms with E-state index in [4.69, 9.17) is 16.3 Å². The van der Waals surface area contributed by atoms with Crippen LogP contribution in [-0.4, -0.2) is 18.5 Å². The first-order valence-corrected chi connectivity index (χ1v) is 7.18. The zero-order valence-corrected chi connectivity index (χ0v) is 12.9. The molecule has 2 rings (SSSR count). The van der Waals surface area contributed by atoms with Crippen molar-refractivity contribution in [2.75, 3.05) is 11.9 Å². The molecular weight excluding hydrogens is 302 g/mol. The molecule has 1 N–H and O–H groups in total. The highest BCUT2D eigenvalue weighted by Gasteiger charge is 2.10. The maximum absolute atomic E-state index is 11.7. The van der Waals surface area contributed by atoms with Crippen LogP contribution in [0.4, 0.5) is 5.69 Å². The fourth-order valence-corrected chi connectivity index (χ4v) is 2.12. The number of hydrogen-bond acceptors (Lipinski definition) is 3. The van der Waals surface area contributed by atoms with Crippen molar-refractivity contribution in [3.63, 3.8) is 0 Å². The summed E-state index contributed by atoms with van der Waals surface area (Å²) < 4.78 is 4.96. The molecule has 0 aliphatic rings. The molecule has 0 aliphatic carbocycles. The van der Waals surface area contributed by atoms with Crippen LogP contribution < -0.4 is 5.32 Å². The Labute approximate surface area is 134 Å². The fraction of sp³-hybridized carbons (Fsp3) is 0.176. The van der Waals surface area contributed by atoms with Crippen LogP contribution >= 0.6 is 11.6 Å². The van der Waals surface area contributed by atoms with E-state index in [1.165, 1.54) is 0 Å². The first-order valence-electron chi connectivity index (χ1n) is 6.80. The largest absolute Gasteiger partial charge is 0.455 e. The Kier molecular flexibility index (Phi) is 5.55. The van der Waals surface area contributed by atoms with Gasteiger partial charge in [0.25, 0.3) is 5.91 Å². The van der Waals surface area contributed by atoms with Crippen molar-refractivity contribution in [2.24, 2.45) is 0 Å². The van der Waals surface area contributed by atoms with Crippen molar-refractivity contribution in [1.29, 1.82) is 0 Å². The maximum Gasteiger partial charge on any atom is 0.310 e. The molecule has 0 heterocycles. The van der Waals surface area contributed by atoms with Crippen molar-refractivity contribution in [1.82, 2.24) is 0 Å². The number of benzene rings is 2. The monoisotopic (exact) mass is 317 g/mol. The van der Waals surface area contributed by atoms with E-state index in [0.717, 1.165) is 5.56 Å². The third-order valence-electron chi connectivity index (χ3n) is 2.96. The lowest BCUT2D eigenvalue weighted by Gasteiger charge is -2.08. The summed E-state index contributed by atoms with van der Waals surface area (Å²) in [4.78, 5) is 23.4. The average molecular weight is 318 g/mol. The number of ether oxygens (including phenoxy) is 1. The summed E-state index contributed by atoms with van der Waals surface area (Å²) in [5.74, 6) is -0.870. The third kappa shape index (κ3) is 4.90. The van der Waals surface area contributed by atoms with E-state index in [2.05, 4.69) is 5.32 Å². The molecule has 0 aliphatic heterocycles. The molecule has 2 aromatic rings. The highest BCUT2D eigenvalue weighted by Crippen LogP contribution is 2.15. The second kappa shape index (κ2) is 7.61. The van der Waals surface area contributed by atoms with E-state index in [1.807, 2.05) is 25.1 Å². The third-order valence-corrected chi connectivity index (χ3v) is 3.33. The Hall–Kier alpha value is -2.33. The second-order valence-electron chi connectivity index (χ2n) is 4.85. The van der Waals surface area contributed by atoms with Crippen molar-refractivity contribution in [3.8, 4) is 0 Å². The molecule has 0 radical (unpaired) electrons. The number of amides is 1. The minimum absolute atomic E-state index is 0.0391. The van der Waals surface area contributed by atoms with Crippen LogP contribution in [0.5, 0.6) is 0 Å². The van der Waals surface area contributed by atoms with E-state index in [0.29, 0.717) is 16.3 Å². The van der Waals surface area contributed by atoms with Gasteiger partial charge in [-0.15, -0.1) is 0 Å². The predicted octanol–water partition coefficient (Wildman–Crippen LogP) is 3.37. The van der Waals surface area contributed by atoms with Gasteiger partial charge >= 0.3 is 5.97 Å². The summed E-state index contributed by atoms with van der Waals surface area (Å²) in [7, 11) is 0. The van der Waals surface area contributed by atoms with Gasteiger partial charge in [0.2, 0.25) is 0 Å². The van der Waals surface area contributed by atoms with Crippen LogP contribution in [0.3, 0.4) is 0 Å². The van der Waals surface area contributed by atoms with Gasteiger partial charge in [-0.25, -0.2) is 0 Å². The highest BCUT2D eigenvalue weighted by molar-refractivity contribution is 6.31. The number of carbonyl (C=O) groups is 2. The van der Waals surface area contributed by atoms with Gasteiger partial charge in [-0.05, 0) is 36.2 Å². The molecule has 0 bridgehead atoms. The molecule has 2 aromatic carbocycles. The Morgan fingerprint density at radius 3 is 2.64 bits per heavy atom. The van der Waals surface area contributed by atoms with Gasteiger partial charge in [-0.3, -0.25) is 9.59 Å². The minimum Gasteiger partial charge on any atom is -0.455 e. The predicted molar refractivity (Wildman–Crippen MR) is 85.9 cm³/mol. The number of aryl methyl sites for hydroxylation is 1. The Balaban J connectivity index is 1.81. The van der Waals surface area contributed by atoms with Crippen LogP contribution in [0.25, 0.3) is 0 Å². The summed E-state index contributed by atoms with van der Waals surface area (Å²) in [5.41, 5.74) is 2.38. The summed E-state index contributed by atoms with van der Waals surface area (Å²) in [5, 5.41) is 3.17. The van der Waals surface area contributed by atoms with Crippen LogP contribution in [-0.2, 0) is 20.7 Å². The molecule has 0 aromatic heterocycles. The van der Waals surface area contributed by atoms with Gasteiger partial charge in [0.15, 0.2) is 6.61 Å². The number of halogens is 1. The van der Waals surface area contributed by atoms with Crippen molar-refractivity contribution < 1.29 is 14.3 Å². The fourth-order valence-electron chi connectivity index (χ4n) is 1.91. The first-order chi connectivity index (χ1) is 10.5. The lowest BCUT2D eigenvalue weighted by Crippen LogP contribution is -2.21. The lowest BCUT2D eigenvalue weighted by atomic mass is 10.1. The Bertz CT molecular complexity index is 685. The van der Waals surface area contributed by atoms with Crippen LogP contribution in [0.15, 0.2) is 48.5 Å². The normalized spacial score (nSPS) is 10.1. The van der Waals surface area contributed by atoms with Crippen LogP contribution in [0.1, 0.15) is 11.1 Å².